The molecule has 19 heavy (non-hydrogen) atoms. The third kappa shape index (κ3) is 2.53. The van der Waals surface area contributed by atoms with Gasteiger partial charge in [0.1, 0.15) is 5.75 Å². The van der Waals surface area contributed by atoms with Gasteiger partial charge in [0, 0.05) is 10.4 Å². The zero-order chi connectivity index (χ0) is 14.0. The molecule has 1 aromatic heterocycles. The van der Waals surface area contributed by atoms with Crippen LogP contribution in [0.5, 0.6) is 5.75 Å². The normalized spacial score (nSPS) is 12.5. The highest BCUT2D eigenvalue weighted by molar-refractivity contribution is 7.10. The van der Waals surface area contributed by atoms with Gasteiger partial charge in [-0.1, -0.05) is 19.1 Å². The first-order valence-electron chi connectivity index (χ1n) is 6.56. The predicted molar refractivity (Wildman–Crippen MR) is 82.2 cm³/mol. The summed E-state index contributed by atoms with van der Waals surface area (Å²) in [7, 11) is 1.72. The molecule has 0 spiro atoms. The van der Waals surface area contributed by atoms with Gasteiger partial charge in [-0.2, -0.15) is 0 Å². The van der Waals surface area contributed by atoms with Crippen LogP contribution in [0.25, 0.3) is 0 Å². The summed E-state index contributed by atoms with van der Waals surface area (Å²) in [6.45, 7) is 6.34. The Balaban J connectivity index is 2.50. The fourth-order valence-corrected chi connectivity index (χ4v) is 3.40. The molecule has 1 unspecified atom stereocenters. The molecule has 0 aliphatic heterocycles. The van der Waals surface area contributed by atoms with Gasteiger partial charge < -0.3 is 10.5 Å². The van der Waals surface area contributed by atoms with Crippen molar-refractivity contribution < 1.29 is 4.74 Å². The number of benzene rings is 1. The van der Waals surface area contributed by atoms with E-state index in [0.717, 1.165) is 17.7 Å². The molecule has 0 aliphatic carbocycles. The van der Waals surface area contributed by atoms with Gasteiger partial charge in [-0.05, 0) is 48.4 Å². The molecule has 0 bridgehead atoms. The maximum atomic E-state index is 6.46. The topological polar surface area (TPSA) is 35.2 Å². The monoisotopic (exact) mass is 275 g/mol. The summed E-state index contributed by atoms with van der Waals surface area (Å²) in [6.07, 6.45) is 1.01. The fourth-order valence-electron chi connectivity index (χ4n) is 2.38. The first-order chi connectivity index (χ1) is 9.10. The molecule has 2 N–H and O–H groups in total. The summed E-state index contributed by atoms with van der Waals surface area (Å²) in [4.78, 5) is 1.24. The Morgan fingerprint density at radius 1 is 1.26 bits per heavy atom. The van der Waals surface area contributed by atoms with E-state index in [1.54, 1.807) is 18.4 Å². The molecule has 1 heterocycles. The summed E-state index contributed by atoms with van der Waals surface area (Å²) in [6, 6.07) is 6.26. The first-order valence-corrected chi connectivity index (χ1v) is 7.44. The zero-order valence-electron chi connectivity index (χ0n) is 12.0. The van der Waals surface area contributed by atoms with E-state index in [2.05, 4.69) is 44.4 Å². The summed E-state index contributed by atoms with van der Waals surface area (Å²) in [5.74, 6) is 0.919. The average Bonchev–Trinajstić information content (AvgIpc) is 2.89. The quantitative estimate of drug-likeness (QED) is 0.916. The van der Waals surface area contributed by atoms with Crippen LogP contribution in [0.3, 0.4) is 0 Å². The molecule has 2 nitrogen and oxygen atoms in total. The van der Waals surface area contributed by atoms with Gasteiger partial charge in [0.05, 0.1) is 13.2 Å². The van der Waals surface area contributed by atoms with E-state index in [4.69, 9.17) is 10.5 Å². The molecule has 0 fully saturated rings. The Morgan fingerprint density at radius 3 is 2.63 bits per heavy atom. The molecule has 0 saturated heterocycles. The van der Waals surface area contributed by atoms with Crippen LogP contribution in [0.1, 0.15) is 40.1 Å². The Kier molecular flexibility index (Phi) is 4.27. The molecule has 1 aromatic carbocycles. The van der Waals surface area contributed by atoms with Crippen LogP contribution in [0, 0.1) is 13.8 Å². The molecule has 0 radical (unpaired) electrons. The Bertz CT molecular complexity index is 574. The Labute approximate surface area is 119 Å². The lowest BCUT2D eigenvalue weighted by atomic mass is 9.97. The number of aryl methyl sites for hydroxylation is 2. The molecule has 2 rings (SSSR count). The van der Waals surface area contributed by atoms with Crippen molar-refractivity contribution in [1.82, 2.24) is 0 Å². The molecule has 2 aromatic rings. The summed E-state index contributed by atoms with van der Waals surface area (Å²) in [5.41, 5.74) is 11.3. The highest BCUT2D eigenvalue weighted by Crippen LogP contribution is 2.36. The standard InChI is InChI=1S/C16H21NOS/c1-5-12-8-9-19-16(12)14(17)13-7-6-10(2)11(3)15(13)18-4/h6-9,14H,5,17H2,1-4H3. The van der Waals surface area contributed by atoms with Gasteiger partial charge in [0.25, 0.3) is 0 Å². The highest BCUT2D eigenvalue weighted by Gasteiger charge is 2.19. The lowest BCUT2D eigenvalue weighted by Crippen LogP contribution is -2.14. The van der Waals surface area contributed by atoms with Gasteiger partial charge in [-0.25, -0.2) is 0 Å². The Hall–Kier alpha value is -1.32. The molecule has 3 heteroatoms. The minimum atomic E-state index is -0.107. The van der Waals surface area contributed by atoms with E-state index in [1.807, 2.05) is 0 Å². The summed E-state index contributed by atoms with van der Waals surface area (Å²) < 4.78 is 5.57. The SMILES string of the molecule is CCc1ccsc1C(N)c1ccc(C)c(C)c1OC. The van der Waals surface area contributed by atoms with E-state index in [-0.39, 0.29) is 6.04 Å². The molecule has 0 saturated carbocycles. The highest BCUT2D eigenvalue weighted by atomic mass is 32.1. The number of ether oxygens (including phenoxy) is 1. The zero-order valence-corrected chi connectivity index (χ0v) is 12.8. The lowest BCUT2D eigenvalue weighted by Gasteiger charge is -2.19. The number of nitrogens with two attached hydrogens (primary N) is 1. The number of rotatable bonds is 4. The van der Waals surface area contributed by atoms with Crippen LogP contribution in [-0.4, -0.2) is 7.11 Å². The van der Waals surface area contributed by atoms with E-state index in [9.17, 15) is 0 Å². The predicted octanol–water partition coefficient (Wildman–Crippen LogP) is 3.98. The van der Waals surface area contributed by atoms with E-state index >= 15 is 0 Å². The first kappa shape index (κ1) is 14.1. The number of methoxy groups -OCH3 is 1. The van der Waals surface area contributed by atoms with Crippen LogP contribution in [0.2, 0.25) is 0 Å². The second-order valence-electron chi connectivity index (χ2n) is 4.77. The van der Waals surface area contributed by atoms with Crippen LogP contribution in [0.15, 0.2) is 23.6 Å². The largest absolute Gasteiger partial charge is 0.496 e. The van der Waals surface area contributed by atoms with Crippen molar-refractivity contribution in [3.8, 4) is 5.75 Å². The molecular weight excluding hydrogens is 254 g/mol. The van der Waals surface area contributed by atoms with Crippen molar-refractivity contribution in [2.24, 2.45) is 5.73 Å². The molecule has 0 amide bonds. The minimum absolute atomic E-state index is 0.107. The second-order valence-corrected chi connectivity index (χ2v) is 5.72. The van der Waals surface area contributed by atoms with Crippen molar-refractivity contribution in [2.75, 3.05) is 7.11 Å². The van der Waals surface area contributed by atoms with Gasteiger partial charge in [-0.15, -0.1) is 11.3 Å². The summed E-state index contributed by atoms with van der Waals surface area (Å²) in [5, 5.41) is 2.11. The van der Waals surface area contributed by atoms with Gasteiger partial charge in [0.2, 0.25) is 0 Å². The molecule has 0 aliphatic rings. The minimum Gasteiger partial charge on any atom is -0.496 e. The molecule has 102 valence electrons. The van der Waals surface area contributed by atoms with E-state index in [1.165, 1.54) is 21.6 Å². The number of hydrogen-bond donors (Lipinski definition) is 1. The maximum Gasteiger partial charge on any atom is 0.127 e. The molecular formula is C16H21NOS. The molecule has 1 atom stereocenters. The third-order valence-corrected chi connectivity index (χ3v) is 4.73. The van der Waals surface area contributed by atoms with Crippen LogP contribution in [0.4, 0.5) is 0 Å². The number of hydrogen-bond acceptors (Lipinski definition) is 3. The van der Waals surface area contributed by atoms with Crippen molar-refractivity contribution in [2.45, 2.75) is 33.2 Å². The van der Waals surface area contributed by atoms with Crippen molar-refractivity contribution >= 4 is 11.3 Å². The Morgan fingerprint density at radius 2 is 2.00 bits per heavy atom. The maximum absolute atomic E-state index is 6.46. The number of thiophene rings is 1. The third-order valence-electron chi connectivity index (χ3n) is 3.69. The van der Waals surface area contributed by atoms with Crippen molar-refractivity contribution in [1.29, 1.82) is 0 Å². The van der Waals surface area contributed by atoms with Gasteiger partial charge in [-0.3, -0.25) is 0 Å². The van der Waals surface area contributed by atoms with Gasteiger partial charge >= 0.3 is 0 Å². The van der Waals surface area contributed by atoms with Crippen LogP contribution in [-0.2, 0) is 6.42 Å². The van der Waals surface area contributed by atoms with E-state index in [0.29, 0.717) is 0 Å². The van der Waals surface area contributed by atoms with Crippen molar-refractivity contribution in [3.63, 3.8) is 0 Å². The summed E-state index contributed by atoms with van der Waals surface area (Å²) >= 11 is 1.73. The van der Waals surface area contributed by atoms with Crippen LogP contribution >= 0.6 is 11.3 Å². The fraction of sp³-hybridized carbons (Fsp3) is 0.375. The second kappa shape index (κ2) is 5.76. The van der Waals surface area contributed by atoms with E-state index < -0.39 is 0 Å². The average molecular weight is 275 g/mol. The van der Waals surface area contributed by atoms with Crippen LogP contribution < -0.4 is 10.5 Å². The van der Waals surface area contributed by atoms with Gasteiger partial charge in [0.15, 0.2) is 0 Å². The van der Waals surface area contributed by atoms with Crippen molar-refractivity contribution in [3.05, 3.63) is 50.7 Å². The smallest absolute Gasteiger partial charge is 0.127 e. The lowest BCUT2D eigenvalue weighted by molar-refractivity contribution is 0.404.